The summed E-state index contributed by atoms with van der Waals surface area (Å²) < 4.78 is 0. The zero-order valence-corrected chi connectivity index (χ0v) is 11.7. The van der Waals surface area contributed by atoms with Gasteiger partial charge in [0.05, 0.1) is 11.7 Å². The fraction of sp³-hybridized carbons (Fsp3) is 0.583. The Bertz CT molecular complexity index is 374. The van der Waals surface area contributed by atoms with Gasteiger partial charge in [-0.1, -0.05) is 6.92 Å². The molecule has 100 valence electrons. The molecule has 1 aromatic heterocycles. The van der Waals surface area contributed by atoms with Crippen LogP contribution in [0.3, 0.4) is 0 Å². The van der Waals surface area contributed by atoms with Crippen LogP contribution in [-0.4, -0.2) is 33.7 Å². The quantitative estimate of drug-likeness (QED) is 0.692. The summed E-state index contributed by atoms with van der Waals surface area (Å²) in [7, 11) is 0. The molecule has 0 spiro atoms. The first-order valence-corrected chi connectivity index (χ1v) is 7.01. The van der Waals surface area contributed by atoms with Crippen molar-refractivity contribution in [2.45, 2.75) is 37.3 Å². The molecular weight excluding hydrogens is 248 g/mol. The molecule has 1 heterocycles. The van der Waals surface area contributed by atoms with E-state index < -0.39 is 5.54 Å². The van der Waals surface area contributed by atoms with Crippen LogP contribution in [0.4, 0.5) is 0 Å². The van der Waals surface area contributed by atoms with Crippen molar-refractivity contribution < 1.29 is 4.79 Å². The first kappa shape index (κ1) is 14.9. The number of amides is 1. The van der Waals surface area contributed by atoms with Crippen LogP contribution in [0.5, 0.6) is 0 Å². The van der Waals surface area contributed by atoms with Gasteiger partial charge in [0.2, 0.25) is 5.91 Å². The third-order valence-electron chi connectivity index (χ3n) is 2.70. The molecule has 1 atom stereocenters. The lowest BCUT2D eigenvalue weighted by Gasteiger charge is -2.27. The van der Waals surface area contributed by atoms with Crippen LogP contribution in [0.2, 0.25) is 0 Å². The van der Waals surface area contributed by atoms with Crippen molar-refractivity contribution >= 4 is 17.7 Å². The fourth-order valence-corrected chi connectivity index (χ4v) is 2.41. The molecule has 6 heteroatoms. The number of nitrogens with zero attached hydrogens (tertiary/aromatic N) is 2. The van der Waals surface area contributed by atoms with Gasteiger partial charge in [-0.3, -0.25) is 9.78 Å². The number of aromatic nitrogens is 2. The van der Waals surface area contributed by atoms with Crippen molar-refractivity contribution in [1.82, 2.24) is 15.3 Å². The lowest BCUT2D eigenvalue weighted by molar-refractivity contribution is -0.123. The van der Waals surface area contributed by atoms with E-state index in [1.807, 2.05) is 6.92 Å². The monoisotopic (exact) mass is 268 g/mol. The lowest BCUT2D eigenvalue weighted by atomic mass is 9.98. The Morgan fingerprint density at radius 3 is 2.89 bits per heavy atom. The molecule has 1 aromatic rings. The van der Waals surface area contributed by atoms with Crippen molar-refractivity contribution in [2.24, 2.45) is 5.73 Å². The number of rotatable bonds is 8. The topological polar surface area (TPSA) is 80.9 Å². The molecule has 0 aromatic carbocycles. The molecule has 0 aliphatic carbocycles. The summed E-state index contributed by atoms with van der Waals surface area (Å²) in [5, 5.41) is 4.07. The molecule has 0 aliphatic heterocycles. The minimum atomic E-state index is -0.648. The Morgan fingerprint density at radius 2 is 2.33 bits per heavy atom. The maximum absolute atomic E-state index is 11.5. The average molecular weight is 268 g/mol. The maximum Gasteiger partial charge on any atom is 0.237 e. The van der Waals surface area contributed by atoms with Gasteiger partial charge < -0.3 is 11.1 Å². The van der Waals surface area contributed by atoms with Crippen molar-refractivity contribution in [1.29, 1.82) is 0 Å². The van der Waals surface area contributed by atoms with Crippen molar-refractivity contribution in [3.8, 4) is 0 Å². The summed E-state index contributed by atoms with van der Waals surface area (Å²) in [4.78, 5) is 19.7. The molecular formula is C12H20N4OS. The van der Waals surface area contributed by atoms with Crippen LogP contribution in [0.15, 0.2) is 23.6 Å². The SMILES string of the molecule is CCCNC(C)(CCSc1cnccn1)C(N)=O. The van der Waals surface area contributed by atoms with Crippen molar-refractivity contribution in [3.05, 3.63) is 18.6 Å². The summed E-state index contributed by atoms with van der Waals surface area (Å²) in [5.74, 6) is 0.463. The van der Waals surface area contributed by atoms with E-state index in [9.17, 15) is 4.79 Å². The summed E-state index contributed by atoms with van der Waals surface area (Å²) >= 11 is 1.58. The molecule has 5 nitrogen and oxygen atoms in total. The van der Waals surface area contributed by atoms with Gasteiger partial charge in [-0.2, -0.15) is 0 Å². The minimum Gasteiger partial charge on any atom is -0.368 e. The second-order valence-corrected chi connectivity index (χ2v) is 5.38. The zero-order valence-electron chi connectivity index (χ0n) is 10.8. The number of primary amides is 1. The molecule has 0 aliphatic rings. The Hall–Kier alpha value is -1.14. The molecule has 0 saturated carbocycles. The van der Waals surface area contributed by atoms with E-state index in [-0.39, 0.29) is 5.91 Å². The molecule has 1 amide bonds. The first-order valence-electron chi connectivity index (χ1n) is 6.02. The molecule has 0 saturated heterocycles. The van der Waals surface area contributed by atoms with Crippen LogP contribution < -0.4 is 11.1 Å². The zero-order chi connectivity index (χ0) is 13.4. The van der Waals surface area contributed by atoms with E-state index in [0.29, 0.717) is 6.42 Å². The van der Waals surface area contributed by atoms with Gasteiger partial charge in [0.15, 0.2) is 0 Å². The van der Waals surface area contributed by atoms with E-state index in [1.165, 1.54) is 0 Å². The van der Waals surface area contributed by atoms with Gasteiger partial charge in [-0.05, 0) is 26.3 Å². The van der Waals surface area contributed by atoms with E-state index in [0.717, 1.165) is 23.7 Å². The molecule has 3 N–H and O–H groups in total. The highest BCUT2D eigenvalue weighted by molar-refractivity contribution is 7.99. The largest absolute Gasteiger partial charge is 0.368 e. The number of carbonyl (C=O) groups is 1. The Morgan fingerprint density at radius 1 is 1.56 bits per heavy atom. The van der Waals surface area contributed by atoms with Gasteiger partial charge in [0.1, 0.15) is 5.03 Å². The molecule has 0 fully saturated rings. The van der Waals surface area contributed by atoms with Crippen LogP contribution >= 0.6 is 11.8 Å². The van der Waals surface area contributed by atoms with Crippen LogP contribution in [0.25, 0.3) is 0 Å². The van der Waals surface area contributed by atoms with Crippen LogP contribution in [0.1, 0.15) is 26.7 Å². The Kier molecular flexibility index (Phi) is 6.07. The molecule has 1 unspecified atom stereocenters. The Labute approximate surface area is 112 Å². The third kappa shape index (κ3) is 4.62. The molecule has 0 radical (unpaired) electrons. The van der Waals surface area contributed by atoms with Crippen LogP contribution in [-0.2, 0) is 4.79 Å². The predicted octanol–water partition coefficient (Wildman–Crippen LogP) is 1.20. The second kappa shape index (κ2) is 7.33. The maximum atomic E-state index is 11.5. The molecule has 1 rings (SSSR count). The highest BCUT2D eigenvalue weighted by Crippen LogP contribution is 2.19. The van der Waals surface area contributed by atoms with Gasteiger partial charge in [-0.15, -0.1) is 11.8 Å². The summed E-state index contributed by atoms with van der Waals surface area (Å²) in [5.41, 5.74) is 4.80. The van der Waals surface area contributed by atoms with E-state index >= 15 is 0 Å². The second-order valence-electron chi connectivity index (χ2n) is 4.27. The smallest absolute Gasteiger partial charge is 0.237 e. The highest BCUT2D eigenvalue weighted by atomic mass is 32.2. The summed E-state index contributed by atoms with van der Waals surface area (Å²) in [6, 6.07) is 0. The van der Waals surface area contributed by atoms with Gasteiger partial charge in [0, 0.05) is 18.1 Å². The third-order valence-corrected chi connectivity index (χ3v) is 3.62. The van der Waals surface area contributed by atoms with E-state index in [1.54, 1.807) is 30.4 Å². The number of hydrogen-bond donors (Lipinski definition) is 2. The standard InChI is InChI=1S/C12H20N4OS/c1-3-5-16-12(2,11(13)17)4-8-18-10-9-14-6-7-15-10/h6-7,9,16H,3-5,8H2,1-2H3,(H2,13,17). The highest BCUT2D eigenvalue weighted by Gasteiger charge is 2.29. The number of hydrogen-bond acceptors (Lipinski definition) is 5. The lowest BCUT2D eigenvalue weighted by Crippen LogP contribution is -2.53. The van der Waals surface area contributed by atoms with Crippen molar-refractivity contribution in [3.63, 3.8) is 0 Å². The summed E-state index contributed by atoms with van der Waals surface area (Å²) in [6.07, 6.45) is 6.65. The number of carbonyl (C=O) groups excluding carboxylic acids is 1. The number of nitrogens with two attached hydrogens (primary N) is 1. The van der Waals surface area contributed by atoms with E-state index in [2.05, 4.69) is 22.2 Å². The Balaban J connectivity index is 2.45. The van der Waals surface area contributed by atoms with Gasteiger partial charge in [0.25, 0.3) is 0 Å². The number of thioether (sulfide) groups is 1. The molecule has 18 heavy (non-hydrogen) atoms. The molecule has 0 bridgehead atoms. The minimum absolute atomic E-state index is 0.310. The average Bonchev–Trinajstić information content (AvgIpc) is 2.37. The van der Waals surface area contributed by atoms with Gasteiger partial charge in [-0.25, -0.2) is 4.98 Å². The normalized spacial score (nSPS) is 14.1. The van der Waals surface area contributed by atoms with Crippen LogP contribution in [0, 0.1) is 0 Å². The van der Waals surface area contributed by atoms with Crippen molar-refractivity contribution in [2.75, 3.05) is 12.3 Å². The van der Waals surface area contributed by atoms with E-state index in [4.69, 9.17) is 5.73 Å². The summed E-state index contributed by atoms with van der Waals surface area (Å²) in [6.45, 7) is 4.69. The van der Waals surface area contributed by atoms with Gasteiger partial charge >= 0.3 is 0 Å². The predicted molar refractivity (Wildman–Crippen MR) is 73.3 cm³/mol. The fourth-order valence-electron chi connectivity index (χ4n) is 1.42. The number of nitrogens with one attached hydrogen (secondary N) is 1. The first-order chi connectivity index (χ1) is 8.58.